The third-order valence-electron chi connectivity index (χ3n) is 3.47. The molecule has 0 aromatic rings. The first-order valence-electron chi connectivity index (χ1n) is 6.02. The Labute approximate surface area is 98.0 Å². The Morgan fingerprint density at radius 3 is 2.80 bits per heavy atom. The molecule has 1 fully saturated rings. The number of rotatable bonds is 4. The van der Waals surface area contributed by atoms with Gasteiger partial charge in [-0.3, -0.25) is 4.79 Å². The second-order valence-corrected chi connectivity index (χ2v) is 4.97. The lowest BCUT2D eigenvalue weighted by atomic mass is 9.92. The number of carbonyl (C=O) groups excluding carboxylic acids is 1. The summed E-state index contributed by atoms with van der Waals surface area (Å²) in [5.41, 5.74) is 0. The topological polar surface area (TPSA) is 20.3 Å². The predicted molar refractivity (Wildman–Crippen MR) is 64.1 cm³/mol. The number of hydrogen-bond acceptors (Lipinski definition) is 1. The summed E-state index contributed by atoms with van der Waals surface area (Å²) in [5, 5.41) is 0. The molecule has 1 heterocycles. The van der Waals surface area contributed by atoms with Crippen LogP contribution < -0.4 is 0 Å². The normalized spacial score (nSPS) is 26.7. The first-order valence-corrected chi connectivity index (χ1v) is 6.55. The van der Waals surface area contributed by atoms with Crippen molar-refractivity contribution in [3.63, 3.8) is 0 Å². The second kappa shape index (κ2) is 6.37. The van der Waals surface area contributed by atoms with Crippen LogP contribution in [0.3, 0.4) is 0 Å². The molecule has 0 N–H and O–H groups in total. The zero-order chi connectivity index (χ0) is 11.3. The number of halogens is 1. The van der Waals surface area contributed by atoms with Crippen LogP contribution in [0.2, 0.25) is 0 Å². The van der Waals surface area contributed by atoms with Crippen LogP contribution in [0.15, 0.2) is 0 Å². The Kier molecular flexibility index (Phi) is 5.44. The van der Waals surface area contributed by atoms with Gasteiger partial charge in [-0.15, -0.1) is 11.6 Å². The van der Waals surface area contributed by atoms with E-state index in [-0.39, 0.29) is 0 Å². The Balaban J connectivity index is 2.37. The molecule has 0 saturated carbocycles. The van der Waals surface area contributed by atoms with Crippen molar-refractivity contribution in [2.75, 3.05) is 12.4 Å². The standard InChI is InChI=1S/C12H22ClNO/c1-10-6-5-9-14(11(10)2)12(15)7-3-4-8-13/h10-11H,3-9H2,1-2H3. The van der Waals surface area contributed by atoms with Gasteiger partial charge in [0.05, 0.1) is 0 Å². The zero-order valence-electron chi connectivity index (χ0n) is 9.84. The monoisotopic (exact) mass is 231 g/mol. The van der Waals surface area contributed by atoms with Gasteiger partial charge >= 0.3 is 0 Å². The van der Waals surface area contributed by atoms with Crippen molar-refractivity contribution in [3.05, 3.63) is 0 Å². The third kappa shape index (κ3) is 3.67. The molecule has 1 aliphatic rings. The lowest BCUT2D eigenvalue weighted by Gasteiger charge is -2.38. The minimum atomic E-state index is 0.319. The number of unbranched alkanes of at least 4 members (excludes halogenated alkanes) is 1. The average Bonchev–Trinajstić information content (AvgIpc) is 2.22. The van der Waals surface area contributed by atoms with Crippen LogP contribution in [0.25, 0.3) is 0 Å². The summed E-state index contributed by atoms with van der Waals surface area (Å²) in [6.45, 7) is 5.36. The number of likely N-dealkylation sites (tertiary alicyclic amines) is 1. The SMILES string of the molecule is CC1CCCN(C(=O)CCCCCl)C1C. The van der Waals surface area contributed by atoms with E-state index in [0.29, 0.717) is 30.2 Å². The van der Waals surface area contributed by atoms with Gasteiger partial charge in [0.2, 0.25) is 5.91 Å². The fourth-order valence-electron chi connectivity index (χ4n) is 2.20. The molecule has 2 nitrogen and oxygen atoms in total. The lowest BCUT2D eigenvalue weighted by Crippen LogP contribution is -2.45. The number of piperidine rings is 1. The van der Waals surface area contributed by atoms with Crippen LogP contribution in [0.4, 0.5) is 0 Å². The molecule has 1 aliphatic heterocycles. The van der Waals surface area contributed by atoms with E-state index in [1.807, 2.05) is 0 Å². The van der Waals surface area contributed by atoms with Gasteiger partial charge in [-0.1, -0.05) is 6.92 Å². The Hall–Kier alpha value is -0.240. The van der Waals surface area contributed by atoms with Crippen molar-refractivity contribution < 1.29 is 4.79 Å². The molecule has 1 rings (SSSR count). The fourth-order valence-corrected chi connectivity index (χ4v) is 2.39. The van der Waals surface area contributed by atoms with Crippen molar-refractivity contribution in [2.24, 2.45) is 5.92 Å². The van der Waals surface area contributed by atoms with E-state index < -0.39 is 0 Å². The van der Waals surface area contributed by atoms with E-state index in [2.05, 4.69) is 18.7 Å². The maximum absolute atomic E-state index is 11.9. The third-order valence-corrected chi connectivity index (χ3v) is 3.74. The van der Waals surface area contributed by atoms with Crippen molar-refractivity contribution in [1.29, 1.82) is 0 Å². The van der Waals surface area contributed by atoms with Gasteiger partial charge in [0, 0.05) is 24.9 Å². The molecule has 0 aromatic carbocycles. The van der Waals surface area contributed by atoms with E-state index in [0.717, 1.165) is 25.8 Å². The largest absolute Gasteiger partial charge is 0.340 e. The van der Waals surface area contributed by atoms with Gasteiger partial charge < -0.3 is 4.90 Å². The van der Waals surface area contributed by atoms with Crippen molar-refractivity contribution in [3.8, 4) is 0 Å². The summed E-state index contributed by atoms with van der Waals surface area (Å²) in [7, 11) is 0. The van der Waals surface area contributed by atoms with Crippen LogP contribution >= 0.6 is 11.6 Å². The molecular formula is C12H22ClNO. The number of carbonyl (C=O) groups is 1. The minimum Gasteiger partial charge on any atom is -0.340 e. The van der Waals surface area contributed by atoms with E-state index in [4.69, 9.17) is 11.6 Å². The van der Waals surface area contributed by atoms with Gasteiger partial charge in [-0.05, 0) is 38.5 Å². The van der Waals surface area contributed by atoms with Gasteiger partial charge in [0.15, 0.2) is 0 Å². The summed E-state index contributed by atoms with van der Waals surface area (Å²) in [4.78, 5) is 14.0. The van der Waals surface area contributed by atoms with Crippen LogP contribution in [-0.4, -0.2) is 29.3 Å². The highest BCUT2D eigenvalue weighted by molar-refractivity contribution is 6.17. The molecule has 88 valence electrons. The highest BCUT2D eigenvalue weighted by Crippen LogP contribution is 2.23. The average molecular weight is 232 g/mol. The molecule has 3 heteroatoms. The highest BCUT2D eigenvalue weighted by Gasteiger charge is 2.27. The summed E-state index contributed by atoms with van der Waals surface area (Å²) in [5.74, 6) is 1.63. The highest BCUT2D eigenvalue weighted by atomic mass is 35.5. The maximum Gasteiger partial charge on any atom is 0.222 e. The Morgan fingerprint density at radius 2 is 2.13 bits per heavy atom. The molecule has 0 radical (unpaired) electrons. The zero-order valence-corrected chi connectivity index (χ0v) is 10.6. The summed E-state index contributed by atoms with van der Waals surface area (Å²) < 4.78 is 0. The van der Waals surface area contributed by atoms with E-state index in [1.165, 1.54) is 6.42 Å². The van der Waals surface area contributed by atoms with Crippen molar-refractivity contribution in [1.82, 2.24) is 4.90 Å². The molecule has 1 saturated heterocycles. The Morgan fingerprint density at radius 1 is 1.40 bits per heavy atom. The smallest absolute Gasteiger partial charge is 0.222 e. The van der Waals surface area contributed by atoms with E-state index in [9.17, 15) is 4.79 Å². The summed E-state index contributed by atoms with van der Waals surface area (Å²) >= 11 is 5.60. The predicted octanol–water partition coefficient (Wildman–Crippen LogP) is 3.04. The van der Waals surface area contributed by atoms with Crippen molar-refractivity contribution in [2.45, 2.75) is 52.0 Å². The molecule has 1 amide bonds. The molecule has 2 unspecified atom stereocenters. The van der Waals surface area contributed by atoms with Crippen LogP contribution in [0.5, 0.6) is 0 Å². The quantitative estimate of drug-likeness (QED) is 0.538. The number of nitrogens with zero attached hydrogens (tertiary/aromatic N) is 1. The maximum atomic E-state index is 11.9. The first kappa shape index (κ1) is 12.8. The number of hydrogen-bond donors (Lipinski definition) is 0. The number of amides is 1. The number of alkyl halides is 1. The second-order valence-electron chi connectivity index (χ2n) is 4.59. The van der Waals surface area contributed by atoms with E-state index >= 15 is 0 Å². The molecule has 2 atom stereocenters. The van der Waals surface area contributed by atoms with Crippen LogP contribution in [-0.2, 0) is 4.79 Å². The van der Waals surface area contributed by atoms with Gasteiger partial charge in [-0.25, -0.2) is 0 Å². The van der Waals surface area contributed by atoms with Gasteiger partial charge in [-0.2, -0.15) is 0 Å². The molecule has 0 bridgehead atoms. The lowest BCUT2D eigenvalue weighted by molar-refractivity contribution is -0.135. The molecule has 15 heavy (non-hydrogen) atoms. The Bertz CT molecular complexity index is 208. The fraction of sp³-hybridized carbons (Fsp3) is 0.917. The van der Waals surface area contributed by atoms with Gasteiger partial charge in [0.25, 0.3) is 0 Å². The first-order chi connectivity index (χ1) is 7.16. The van der Waals surface area contributed by atoms with Crippen LogP contribution in [0.1, 0.15) is 46.0 Å². The summed E-state index contributed by atoms with van der Waals surface area (Å²) in [6, 6.07) is 0.419. The van der Waals surface area contributed by atoms with Crippen LogP contribution in [0, 0.1) is 5.92 Å². The van der Waals surface area contributed by atoms with E-state index in [1.54, 1.807) is 0 Å². The molecule has 0 aliphatic carbocycles. The summed E-state index contributed by atoms with van der Waals surface area (Å²) in [6.07, 6.45) is 4.97. The van der Waals surface area contributed by atoms with Gasteiger partial charge in [0.1, 0.15) is 0 Å². The molecule has 0 spiro atoms. The molecule has 0 aromatic heterocycles. The molecular weight excluding hydrogens is 210 g/mol. The van der Waals surface area contributed by atoms with Crippen molar-refractivity contribution >= 4 is 17.5 Å². The minimum absolute atomic E-state index is 0.319.